The molecule has 1 unspecified atom stereocenters. The third-order valence-corrected chi connectivity index (χ3v) is 5.50. The molecule has 0 heterocycles. The number of halogens is 3. The van der Waals surface area contributed by atoms with E-state index >= 15 is 0 Å². The van der Waals surface area contributed by atoms with Crippen molar-refractivity contribution in [1.29, 1.82) is 0 Å². The van der Waals surface area contributed by atoms with Crippen LogP contribution in [0, 0.1) is 17.5 Å². The van der Waals surface area contributed by atoms with Crippen molar-refractivity contribution in [1.82, 2.24) is 0 Å². The summed E-state index contributed by atoms with van der Waals surface area (Å²) >= 11 is 0. The molecule has 0 saturated carbocycles. The van der Waals surface area contributed by atoms with Crippen molar-refractivity contribution in [3.05, 3.63) is 101 Å². The van der Waals surface area contributed by atoms with Crippen LogP contribution < -0.4 is 4.74 Å². The van der Waals surface area contributed by atoms with Crippen LogP contribution in [0.3, 0.4) is 0 Å². The van der Waals surface area contributed by atoms with E-state index in [2.05, 4.69) is 6.58 Å². The average molecular weight is 467 g/mol. The molecule has 0 saturated heterocycles. The van der Waals surface area contributed by atoms with E-state index in [1.54, 1.807) is 42.5 Å². The van der Waals surface area contributed by atoms with Crippen molar-refractivity contribution < 1.29 is 23.0 Å². The van der Waals surface area contributed by atoms with Crippen LogP contribution in [-0.4, -0.2) is 11.7 Å². The van der Waals surface area contributed by atoms with E-state index < -0.39 is 17.7 Å². The Morgan fingerprint density at radius 3 is 2.41 bits per heavy atom. The topological polar surface area (TPSA) is 29.5 Å². The fourth-order valence-electron chi connectivity index (χ4n) is 3.59. The number of aliphatic hydroxyl groups is 1. The van der Waals surface area contributed by atoms with E-state index in [9.17, 15) is 18.3 Å². The highest BCUT2D eigenvalue weighted by atomic mass is 19.2. The predicted molar refractivity (Wildman–Crippen MR) is 132 cm³/mol. The highest BCUT2D eigenvalue weighted by molar-refractivity contribution is 5.72. The standard InChI is InChI=1S/C29H29F3O2/c1-3-5-6-18-34-23-15-17-24(26(30)19-23)21-11-8-20(9-12-21)10-13-22-14-16-25(27(33)7-4-2)29(32)28(22)31/h3,8-17,19,27,33H,1,4-7,18H2,2H3/b13-10+. The van der Waals surface area contributed by atoms with Crippen molar-refractivity contribution in [2.24, 2.45) is 0 Å². The Kier molecular flexibility index (Phi) is 9.11. The van der Waals surface area contributed by atoms with Crippen LogP contribution in [0.2, 0.25) is 0 Å². The molecule has 0 spiro atoms. The molecule has 0 aliphatic rings. The Bertz CT molecular complexity index is 1140. The number of hydrogen-bond acceptors (Lipinski definition) is 2. The number of rotatable bonds is 11. The van der Waals surface area contributed by atoms with E-state index in [4.69, 9.17) is 4.74 Å². The van der Waals surface area contributed by atoms with Gasteiger partial charge in [0.05, 0.1) is 12.7 Å². The average Bonchev–Trinajstić information content (AvgIpc) is 2.83. The molecule has 1 atom stereocenters. The molecular formula is C29H29F3O2. The lowest BCUT2D eigenvalue weighted by Crippen LogP contribution is -2.03. The predicted octanol–water partition coefficient (Wildman–Crippen LogP) is 8.12. The third-order valence-electron chi connectivity index (χ3n) is 5.50. The summed E-state index contributed by atoms with van der Waals surface area (Å²) in [7, 11) is 0. The fraction of sp³-hybridized carbons (Fsp3) is 0.241. The molecule has 0 aliphatic heterocycles. The first kappa shape index (κ1) is 25.3. The van der Waals surface area contributed by atoms with Crippen LogP contribution in [0.15, 0.2) is 67.3 Å². The van der Waals surface area contributed by atoms with Gasteiger partial charge in [-0.1, -0.05) is 68.0 Å². The van der Waals surface area contributed by atoms with Crippen molar-refractivity contribution >= 4 is 12.2 Å². The molecule has 3 rings (SSSR count). The number of aliphatic hydroxyl groups excluding tert-OH is 1. The SMILES string of the molecule is C=CCCCOc1ccc(-c2ccc(/C=C/c3ccc(C(O)CCC)c(F)c3F)cc2)c(F)c1. The highest BCUT2D eigenvalue weighted by Crippen LogP contribution is 2.28. The normalized spacial score (nSPS) is 12.1. The Labute approximate surface area is 199 Å². The maximum Gasteiger partial charge on any atom is 0.166 e. The summed E-state index contributed by atoms with van der Waals surface area (Å²) in [5.41, 5.74) is 1.95. The molecule has 0 amide bonds. The van der Waals surface area contributed by atoms with Gasteiger partial charge in [-0.2, -0.15) is 0 Å². The second-order valence-corrected chi connectivity index (χ2v) is 8.05. The molecular weight excluding hydrogens is 437 g/mol. The van der Waals surface area contributed by atoms with Crippen LogP contribution in [-0.2, 0) is 0 Å². The van der Waals surface area contributed by atoms with Crippen LogP contribution in [0.1, 0.15) is 55.4 Å². The molecule has 0 bridgehead atoms. The zero-order chi connectivity index (χ0) is 24.5. The van der Waals surface area contributed by atoms with E-state index in [1.165, 1.54) is 24.3 Å². The van der Waals surface area contributed by atoms with E-state index in [0.29, 0.717) is 36.3 Å². The van der Waals surface area contributed by atoms with Crippen LogP contribution in [0.4, 0.5) is 13.2 Å². The Morgan fingerprint density at radius 2 is 1.74 bits per heavy atom. The van der Waals surface area contributed by atoms with Gasteiger partial charge in [-0.05, 0) is 42.5 Å². The number of unbranched alkanes of at least 4 members (excludes halogenated alkanes) is 1. The molecule has 0 fully saturated rings. The van der Waals surface area contributed by atoms with Crippen LogP contribution >= 0.6 is 0 Å². The molecule has 2 nitrogen and oxygen atoms in total. The first-order chi connectivity index (χ1) is 16.4. The second-order valence-electron chi connectivity index (χ2n) is 8.05. The maximum absolute atomic E-state index is 14.6. The van der Waals surface area contributed by atoms with Gasteiger partial charge >= 0.3 is 0 Å². The van der Waals surface area contributed by atoms with Gasteiger partial charge in [-0.3, -0.25) is 0 Å². The molecule has 5 heteroatoms. The van der Waals surface area contributed by atoms with Gasteiger partial charge in [0.2, 0.25) is 0 Å². The summed E-state index contributed by atoms with van der Waals surface area (Å²) in [6.45, 7) is 6.02. The van der Waals surface area contributed by atoms with E-state index in [-0.39, 0.29) is 16.9 Å². The van der Waals surface area contributed by atoms with Gasteiger partial charge in [0.1, 0.15) is 11.6 Å². The second kappa shape index (κ2) is 12.2. The van der Waals surface area contributed by atoms with Crippen LogP contribution in [0.5, 0.6) is 5.75 Å². The molecule has 0 radical (unpaired) electrons. The largest absolute Gasteiger partial charge is 0.493 e. The Balaban J connectivity index is 1.70. The van der Waals surface area contributed by atoms with Gasteiger partial charge in [0, 0.05) is 22.8 Å². The molecule has 0 aliphatic carbocycles. The van der Waals surface area contributed by atoms with Crippen molar-refractivity contribution in [3.63, 3.8) is 0 Å². The number of allylic oxidation sites excluding steroid dienone is 1. The van der Waals surface area contributed by atoms with E-state index in [0.717, 1.165) is 18.4 Å². The molecule has 34 heavy (non-hydrogen) atoms. The minimum atomic E-state index is -1.03. The van der Waals surface area contributed by atoms with Gasteiger partial charge < -0.3 is 9.84 Å². The van der Waals surface area contributed by atoms with Gasteiger partial charge in [-0.15, -0.1) is 6.58 Å². The zero-order valence-electron chi connectivity index (χ0n) is 19.2. The summed E-state index contributed by atoms with van der Waals surface area (Å²) in [5.74, 6) is -1.92. The Hall–Kier alpha value is -3.31. The lowest BCUT2D eigenvalue weighted by molar-refractivity contribution is 0.160. The summed E-state index contributed by atoms with van der Waals surface area (Å²) < 4.78 is 49.0. The molecule has 3 aromatic carbocycles. The van der Waals surface area contributed by atoms with Crippen molar-refractivity contribution in [2.45, 2.75) is 38.7 Å². The van der Waals surface area contributed by atoms with Gasteiger partial charge in [0.15, 0.2) is 11.6 Å². The third kappa shape index (κ3) is 6.39. The minimum Gasteiger partial charge on any atom is -0.493 e. The summed E-state index contributed by atoms with van der Waals surface area (Å²) in [4.78, 5) is 0. The summed E-state index contributed by atoms with van der Waals surface area (Å²) in [5, 5.41) is 9.98. The van der Waals surface area contributed by atoms with Crippen molar-refractivity contribution in [2.75, 3.05) is 6.61 Å². The fourth-order valence-corrected chi connectivity index (χ4v) is 3.59. The minimum absolute atomic E-state index is 0.0314. The summed E-state index contributed by atoms with van der Waals surface area (Å²) in [6.07, 6.45) is 6.61. The monoisotopic (exact) mass is 466 g/mol. The van der Waals surface area contributed by atoms with E-state index in [1.807, 2.05) is 13.0 Å². The number of ether oxygens (including phenoxy) is 1. The first-order valence-electron chi connectivity index (χ1n) is 11.4. The number of benzene rings is 3. The zero-order valence-corrected chi connectivity index (χ0v) is 19.2. The molecule has 3 aromatic rings. The highest BCUT2D eigenvalue weighted by Gasteiger charge is 2.17. The summed E-state index contributed by atoms with van der Waals surface area (Å²) in [6, 6.07) is 14.7. The van der Waals surface area contributed by atoms with Crippen molar-refractivity contribution in [3.8, 4) is 16.9 Å². The lowest BCUT2D eigenvalue weighted by atomic mass is 10.0. The quantitative estimate of drug-likeness (QED) is 0.176. The lowest BCUT2D eigenvalue weighted by Gasteiger charge is -2.12. The molecule has 1 N–H and O–H groups in total. The Morgan fingerprint density at radius 1 is 0.971 bits per heavy atom. The molecule has 178 valence electrons. The molecule has 0 aromatic heterocycles. The first-order valence-corrected chi connectivity index (χ1v) is 11.4. The van der Waals surface area contributed by atoms with Gasteiger partial charge in [0.25, 0.3) is 0 Å². The van der Waals surface area contributed by atoms with Gasteiger partial charge in [-0.25, -0.2) is 13.2 Å². The smallest absolute Gasteiger partial charge is 0.166 e. The van der Waals surface area contributed by atoms with Crippen LogP contribution in [0.25, 0.3) is 23.3 Å². The number of hydrogen-bond donors (Lipinski definition) is 1. The maximum atomic E-state index is 14.6.